The summed E-state index contributed by atoms with van der Waals surface area (Å²) in [6.07, 6.45) is 2.08. The Morgan fingerprint density at radius 2 is 1.88 bits per heavy atom. The topological polar surface area (TPSA) is 30.4 Å². The first-order valence-corrected chi connectivity index (χ1v) is 8.00. The molecule has 0 aliphatic heterocycles. The molecule has 3 aromatic heterocycles. The first-order chi connectivity index (χ1) is 11.7. The molecule has 0 unspecified atom stereocenters. The minimum atomic E-state index is 0. The van der Waals surface area contributed by atoms with E-state index in [-0.39, 0.29) is 20.1 Å². The van der Waals surface area contributed by atoms with Crippen molar-refractivity contribution in [2.75, 3.05) is 0 Å². The molecule has 125 valence electrons. The van der Waals surface area contributed by atoms with Crippen LogP contribution in [0.2, 0.25) is 0 Å². The molecule has 0 bridgehead atoms. The van der Waals surface area contributed by atoms with E-state index < -0.39 is 0 Å². The Hall–Kier alpha value is -2.42. The molecule has 0 saturated carbocycles. The zero-order valence-electron chi connectivity index (χ0n) is 13.8. The van der Waals surface area contributed by atoms with Gasteiger partial charge in [0.25, 0.3) is 0 Å². The Kier molecular flexibility index (Phi) is 3.75. The van der Waals surface area contributed by atoms with Gasteiger partial charge in [0.1, 0.15) is 11.5 Å². The van der Waals surface area contributed by atoms with Crippen LogP contribution >= 0.6 is 0 Å². The van der Waals surface area contributed by atoms with E-state index in [1.807, 2.05) is 32.0 Å². The van der Waals surface area contributed by atoms with Crippen molar-refractivity contribution < 1.29 is 24.5 Å². The summed E-state index contributed by atoms with van der Waals surface area (Å²) >= 11 is 0. The molecule has 25 heavy (non-hydrogen) atoms. The molecular weight excluding hydrogens is 488 g/mol. The normalized spacial score (nSPS) is 11.3. The van der Waals surface area contributed by atoms with E-state index in [1.165, 1.54) is 5.39 Å². The maximum atomic E-state index is 5.90. The number of imidazole rings is 1. The maximum absolute atomic E-state index is 5.90. The number of pyridine rings is 1. The van der Waals surface area contributed by atoms with Crippen LogP contribution in [0.4, 0.5) is 0 Å². The number of nitrogens with zero attached hydrogens (tertiary/aromatic N) is 2. The van der Waals surface area contributed by atoms with Gasteiger partial charge in [0.15, 0.2) is 0 Å². The average Bonchev–Trinajstić information content (AvgIpc) is 3.20. The van der Waals surface area contributed by atoms with E-state index in [1.54, 1.807) is 0 Å². The van der Waals surface area contributed by atoms with Crippen LogP contribution in [0.5, 0.6) is 0 Å². The van der Waals surface area contributed by atoms with Crippen LogP contribution in [-0.4, -0.2) is 9.38 Å². The van der Waals surface area contributed by atoms with E-state index in [9.17, 15) is 0 Å². The number of aryl methyl sites for hydroxylation is 2. The van der Waals surface area contributed by atoms with Crippen molar-refractivity contribution in [1.82, 2.24) is 9.38 Å². The van der Waals surface area contributed by atoms with Crippen LogP contribution in [0.3, 0.4) is 0 Å². The van der Waals surface area contributed by atoms with Gasteiger partial charge in [-0.15, -0.1) is 18.2 Å². The van der Waals surface area contributed by atoms with Crippen molar-refractivity contribution in [2.45, 2.75) is 13.8 Å². The number of para-hydroxylation sites is 1. The van der Waals surface area contributed by atoms with Crippen molar-refractivity contribution >= 4 is 27.3 Å². The van der Waals surface area contributed by atoms with Crippen LogP contribution in [0.1, 0.15) is 11.5 Å². The molecular formula is C21H15IrN2O-. The molecule has 4 heteroatoms. The fourth-order valence-corrected chi connectivity index (χ4v) is 3.49. The van der Waals surface area contributed by atoms with Gasteiger partial charge in [-0.25, -0.2) is 0 Å². The second-order valence-corrected chi connectivity index (χ2v) is 6.14. The van der Waals surface area contributed by atoms with Gasteiger partial charge < -0.3 is 8.82 Å². The predicted octanol–water partition coefficient (Wildman–Crippen LogP) is 5.32. The largest absolute Gasteiger partial charge is 0.463 e. The minimum Gasteiger partial charge on any atom is -0.463 e. The molecule has 0 fully saturated rings. The number of fused-ring (bicyclic) bond motifs is 6. The molecule has 0 aliphatic rings. The number of rotatable bonds is 1. The summed E-state index contributed by atoms with van der Waals surface area (Å²) in [5, 5.41) is 3.34. The summed E-state index contributed by atoms with van der Waals surface area (Å²) in [6, 6.07) is 19.9. The quantitative estimate of drug-likeness (QED) is 0.229. The van der Waals surface area contributed by atoms with Crippen molar-refractivity contribution in [3.8, 4) is 11.3 Å². The van der Waals surface area contributed by atoms with Gasteiger partial charge in [-0.2, -0.15) is 0 Å². The van der Waals surface area contributed by atoms with Gasteiger partial charge in [-0.1, -0.05) is 34.5 Å². The van der Waals surface area contributed by atoms with E-state index >= 15 is 0 Å². The van der Waals surface area contributed by atoms with Gasteiger partial charge in [-0.05, 0) is 37.4 Å². The molecule has 5 rings (SSSR count). The molecule has 2 aromatic carbocycles. The van der Waals surface area contributed by atoms with Gasteiger partial charge in [0.2, 0.25) is 0 Å². The van der Waals surface area contributed by atoms with Crippen LogP contribution in [0.15, 0.2) is 59.1 Å². The van der Waals surface area contributed by atoms with Crippen molar-refractivity contribution in [1.29, 1.82) is 0 Å². The molecule has 0 atom stereocenters. The zero-order valence-corrected chi connectivity index (χ0v) is 16.2. The van der Waals surface area contributed by atoms with Gasteiger partial charge in [-0.3, -0.25) is 4.98 Å². The fraction of sp³-hybridized carbons (Fsp3) is 0.0952. The summed E-state index contributed by atoms with van der Waals surface area (Å²) in [6.45, 7) is 3.99. The second-order valence-electron chi connectivity index (χ2n) is 6.14. The first-order valence-electron chi connectivity index (χ1n) is 8.00. The number of hydrogen-bond acceptors (Lipinski definition) is 2. The third-order valence-corrected chi connectivity index (χ3v) is 4.49. The smallest absolute Gasteiger partial charge is 0.116 e. The third kappa shape index (κ3) is 2.33. The molecule has 0 aliphatic carbocycles. The van der Waals surface area contributed by atoms with Gasteiger partial charge in [0, 0.05) is 37.5 Å². The van der Waals surface area contributed by atoms with Crippen LogP contribution in [0.25, 0.3) is 38.6 Å². The fourth-order valence-electron chi connectivity index (χ4n) is 3.49. The maximum Gasteiger partial charge on any atom is 0.116 e. The van der Waals surface area contributed by atoms with E-state index in [2.05, 4.69) is 47.0 Å². The van der Waals surface area contributed by atoms with E-state index in [0.717, 1.165) is 44.7 Å². The number of furan rings is 1. The third-order valence-electron chi connectivity index (χ3n) is 4.49. The first kappa shape index (κ1) is 16.1. The standard InChI is InChI=1S/C21H15N2O.Ir/c1-13-12-23-18-9-4-3-6-15(18)20-16(19-11-10-14(2)24-19)7-5-8-17(20)21(23)22-13;/h3-7,9-12H,1-2H3;/q-1;. The molecule has 0 N–H and O–H groups in total. The van der Waals surface area contributed by atoms with Crippen molar-refractivity contribution in [2.24, 2.45) is 0 Å². The van der Waals surface area contributed by atoms with Gasteiger partial charge >= 0.3 is 0 Å². The SMILES string of the molecule is Cc1cn2c3ccccc3c3c(-c4ccc(C)o4)cc[c-]c3c2n1.[Ir]. The van der Waals surface area contributed by atoms with Crippen molar-refractivity contribution in [3.05, 3.63) is 72.2 Å². The second kappa shape index (κ2) is 5.83. The average molecular weight is 504 g/mol. The Bertz CT molecular complexity index is 1230. The molecule has 0 amide bonds. The number of benzene rings is 2. The van der Waals surface area contributed by atoms with E-state index in [4.69, 9.17) is 9.40 Å². The molecule has 3 heterocycles. The Labute approximate surface area is 158 Å². The Morgan fingerprint density at radius 1 is 1.04 bits per heavy atom. The molecule has 3 nitrogen and oxygen atoms in total. The van der Waals surface area contributed by atoms with Crippen LogP contribution in [0, 0.1) is 19.9 Å². The summed E-state index contributed by atoms with van der Waals surface area (Å²) < 4.78 is 8.06. The van der Waals surface area contributed by atoms with Crippen molar-refractivity contribution in [3.63, 3.8) is 0 Å². The minimum absolute atomic E-state index is 0. The van der Waals surface area contributed by atoms with Gasteiger partial charge in [0.05, 0.1) is 5.65 Å². The molecule has 1 radical (unpaired) electrons. The van der Waals surface area contributed by atoms with Crippen LogP contribution in [-0.2, 0) is 20.1 Å². The monoisotopic (exact) mass is 504 g/mol. The Balaban J connectivity index is 0.00000157. The number of aromatic nitrogens is 2. The summed E-state index contributed by atoms with van der Waals surface area (Å²) in [5.41, 5.74) is 4.16. The Morgan fingerprint density at radius 3 is 2.68 bits per heavy atom. The molecule has 0 spiro atoms. The predicted molar refractivity (Wildman–Crippen MR) is 96.2 cm³/mol. The molecule has 0 saturated heterocycles. The summed E-state index contributed by atoms with van der Waals surface area (Å²) in [7, 11) is 0. The molecule has 5 aromatic rings. The summed E-state index contributed by atoms with van der Waals surface area (Å²) in [4.78, 5) is 4.73. The van der Waals surface area contributed by atoms with Crippen LogP contribution < -0.4 is 0 Å². The van der Waals surface area contributed by atoms with E-state index in [0.29, 0.717) is 0 Å². The summed E-state index contributed by atoms with van der Waals surface area (Å²) in [5.74, 6) is 1.79. The zero-order chi connectivity index (χ0) is 16.3. The number of hydrogen-bond donors (Lipinski definition) is 0.